The summed E-state index contributed by atoms with van der Waals surface area (Å²) in [6.45, 7) is 0. The van der Waals surface area contributed by atoms with E-state index in [-0.39, 0.29) is 5.69 Å². The number of aromatic amines is 1. The Balaban J connectivity index is 1.71. The highest BCUT2D eigenvalue weighted by molar-refractivity contribution is 7.99. The van der Waals surface area contributed by atoms with Crippen molar-refractivity contribution in [3.8, 4) is 0 Å². The molecule has 0 aliphatic heterocycles. The molecule has 2 atom stereocenters. The highest BCUT2D eigenvalue weighted by Gasteiger charge is 2.31. The van der Waals surface area contributed by atoms with E-state index in [4.69, 9.17) is 0 Å². The van der Waals surface area contributed by atoms with Gasteiger partial charge in [0.05, 0.1) is 0 Å². The Hall–Kier alpha value is -0.750. The summed E-state index contributed by atoms with van der Waals surface area (Å²) in [5.74, 6) is 0. The molecule has 2 aliphatic carbocycles. The Kier molecular flexibility index (Phi) is 3.00. The Morgan fingerprint density at radius 2 is 2.24 bits per heavy atom. The van der Waals surface area contributed by atoms with Gasteiger partial charge in [0.2, 0.25) is 0 Å². The number of H-pyrrole nitrogens is 1. The lowest BCUT2D eigenvalue weighted by Crippen LogP contribution is -2.21. The van der Waals surface area contributed by atoms with E-state index in [1.807, 2.05) is 11.6 Å². The van der Waals surface area contributed by atoms with E-state index >= 15 is 0 Å². The molecule has 2 aliphatic rings. The average molecular weight is 254 g/mol. The van der Waals surface area contributed by atoms with Crippen LogP contribution in [0.15, 0.2) is 9.95 Å². The van der Waals surface area contributed by atoms with Crippen LogP contribution in [0.5, 0.6) is 0 Å². The van der Waals surface area contributed by atoms with Gasteiger partial charge in [0.15, 0.2) is 5.16 Å². The van der Waals surface area contributed by atoms with Crippen LogP contribution in [0.3, 0.4) is 0 Å². The third kappa shape index (κ3) is 2.28. The maximum absolute atomic E-state index is 11.6. The zero-order valence-corrected chi connectivity index (χ0v) is 10.8. The van der Waals surface area contributed by atoms with Crippen LogP contribution >= 0.6 is 11.8 Å². The van der Waals surface area contributed by atoms with E-state index in [9.17, 15) is 4.79 Å². The molecule has 3 rings (SSSR count). The van der Waals surface area contributed by atoms with Crippen molar-refractivity contribution in [2.75, 3.05) is 7.05 Å². The lowest BCUT2D eigenvalue weighted by molar-refractivity contribution is 0.583. The zero-order valence-electron chi connectivity index (χ0n) is 9.98. The monoisotopic (exact) mass is 254 g/mol. The van der Waals surface area contributed by atoms with Gasteiger partial charge in [0.25, 0.3) is 0 Å². The first-order valence-corrected chi connectivity index (χ1v) is 7.16. The first-order chi connectivity index (χ1) is 8.28. The molecule has 1 heterocycles. The minimum absolute atomic E-state index is 0.0434. The summed E-state index contributed by atoms with van der Waals surface area (Å²) >= 11 is 1.77. The van der Waals surface area contributed by atoms with Crippen LogP contribution in [0.2, 0.25) is 0 Å². The second-order valence-corrected chi connectivity index (χ2v) is 6.22. The van der Waals surface area contributed by atoms with E-state index in [1.165, 1.54) is 19.3 Å². The summed E-state index contributed by atoms with van der Waals surface area (Å²) in [6, 6.07) is 1.04. The number of hydrogen-bond acceptors (Lipinski definition) is 4. The molecule has 0 aromatic carbocycles. The fourth-order valence-electron chi connectivity index (χ4n) is 2.49. The van der Waals surface area contributed by atoms with Crippen molar-refractivity contribution in [1.82, 2.24) is 20.1 Å². The summed E-state index contributed by atoms with van der Waals surface area (Å²) < 4.78 is 1.84. The van der Waals surface area contributed by atoms with Crippen LogP contribution in [-0.4, -0.2) is 33.1 Å². The highest BCUT2D eigenvalue weighted by atomic mass is 32.2. The third-order valence-corrected chi connectivity index (χ3v) is 4.91. The smallest absolute Gasteiger partial charge is 0.317 e. The average Bonchev–Trinajstić information content (AvgIpc) is 2.94. The van der Waals surface area contributed by atoms with Crippen LogP contribution in [-0.2, 0) is 0 Å². The van der Waals surface area contributed by atoms with Crippen LogP contribution in [0.1, 0.15) is 38.1 Å². The van der Waals surface area contributed by atoms with Gasteiger partial charge in [-0.3, -0.25) is 4.57 Å². The maximum atomic E-state index is 11.6. The number of nitrogens with one attached hydrogen (secondary N) is 2. The molecule has 17 heavy (non-hydrogen) atoms. The Bertz CT molecular complexity index is 451. The van der Waals surface area contributed by atoms with E-state index in [0.717, 1.165) is 18.0 Å². The second kappa shape index (κ2) is 4.49. The zero-order chi connectivity index (χ0) is 11.8. The van der Waals surface area contributed by atoms with Crippen molar-refractivity contribution in [2.24, 2.45) is 0 Å². The van der Waals surface area contributed by atoms with E-state index < -0.39 is 0 Å². The summed E-state index contributed by atoms with van der Waals surface area (Å²) in [5, 5.41) is 11.5. The van der Waals surface area contributed by atoms with Gasteiger partial charge in [-0.1, -0.05) is 11.8 Å². The topological polar surface area (TPSA) is 62.7 Å². The van der Waals surface area contributed by atoms with Gasteiger partial charge >= 0.3 is 5.69 Å². The van der Waals surface area contributed by atoms with Gasteiger partial charge in [0.1, 0.15) is 0 Å². The van der Waals surface area contributed by atoms with Crippen LogP contribution in [0.4, 0.5) is 0 Å². The lowest BCUT2D eigenvalue weighted by atomic mass is 10.3. The number of rotatable bonds is 4. The first-order valence-electron chi connectivity index (χ1n) is 6.28. The quantitative estimate of drug-likeness (QED) is 0.846. The Morgan fingerprint density at radius 1 is 1.41 bits per heavy atom. The Morgan fingerprint density at radius 3 is 2.88 bits per heavy atom. The van der Waals surface area contributed by atoms with Crippen LogP contribution < -0.4 is 11.0 Å². The molecule has 0 spiro atoms. The normalized spacial score (nSPS) is 28.8. The standard InChI is InChI=1S/C11H18N4OS/c1-12-7-2-5-9(6-7)17-11-14-13-10(16)15(11)8-3-4-8/h7-9,12H,2-6H2,1H3,(H,13,16). The molecule has 0 amide bonds. The molecule has 1 aromatic heterocycles. The van der Waals surface area contributed by atoms with E-state index in [0.29, 0.717) is 17.3 Å². The molecule has 6 heteroatoms. The van der Waals surface area contributed by atoms with Crippen molar-refractivity contribution in [3.05, 3.63) is 10.5 Å². The number of hydrogen-bond donors (Lipinski definition) is 2. The molecule has 0 radical (unpaired) electrons. The molecule has 5 nitrogen and oxygen atoms in total. The number of nitrogens with zero attached hydrogens (tertiary/aromatic N) is 2. The van der Waals surface area contributed by atoms with Crippen molar-refractivity contribution >= 4 is 11.8 Å². The minimum Gasteiger partial charge on any atom is -0.317 e. The lowest BCUT2D eigenvalue weighted by Gasteiger charge is -2.10. The van der Waals surface area contributed by atoms with Crippen LogP contribution in [0, 0.1) is 0 Å². The van der Waals surface area contributed by atoms with Crippen molar-refractivity contribution in [3.63, 3.8) is 0 Å². The molecule has 2 fully saturated rings. The predicted octanol–water partition coefficient (Wildman–Crippen LogP) is 1.14. The number of thioether (sulfide) groups is 1. The molecule has 1 aromatic rings. The van der Waals surface area contributed by atoms with Crippen molar-refractivity contribution < 1.29 is 0 Å². The molecule has 94 valence electrons. The first kappa shape index (κ1) is 11.3. The summed E-state index contributed by atoms with van der Waals surface area (Å²) in [4.78, 5) is 11.6. The molecular formula is C11H18N4OS. The summed E-state index contributed by atoms with van der Waals surface area (Å²) in [6.07, 6.45) is 5.86. The molecule has 2 N–H and O–H groups in total. The fraction of sp³-hybridized carbons (Fsp3) is 0.818. The molecule has 2 unspecified atom stereocenters. The SMILES string of the molecule is CNC1CCC(Sc2n[nH]c(=O)n2C2CC2)C1. The molecule has 0 bridgehead atoms. The van der Waals surface area contributed by atoms with Crippen molar-refractivity contribution in [1.29, 1.82) is 0 Å². The van der Waals surface area contributed by atoms with Crippen LogP contribution in [0.25, 0.3) is 0 Å². The highest BCUT2D eigenvalue weighted by Crippen LogP contribution is 2.39. The molecular weight excluding hydrogens is 236 g/mol. The fourth-order valence-corrected chi connectivity index (χ4v) is 3.81. The largest absolute Gasteiger partial charge is 0.344 e. The van der Waals surface area contributed by atoms with Crippen molar-refractivity contribution in [2.45, 2.75) is 54.6 Å². The van der Waals surface area contributed by atoms with Gasteiger partial charge in [-0.05, 0) is 39.2 Å². The number of aromatic nitrogens is 3. The van der Waals surface area contributed by atoms with E-state index in [1.54, 1.807) is 11.8 Å². The van der Waals surface area contributed by atoms with E-state index in [2.05, 4.69) is 15.5 Å². The minimum atomic E-state index is -0.0434. The van der Waals surface area contributed by atoms with Gasteiger partial charge in [-0.25, -0.2) is 9.89 Å². The molecule has 0 saturated heterocycles. The Labute approximate surface area is 104 Å². The summed E-state index contributed by atoms with van der Waals surface area (Å²) in [5.41, 5.74) is -0.0434. The molecule has 2 saturated carbocycles. The van der Waals surface area contributed by atoms with Gasteiger partial charge in [-0.15, -0.1) is 5.10 Å². The van der Waals surface area contributed by atoms with Gasteiger partial charge in [0, 0.05) is 17.3 Å². The predicted molar refractivity (Wildman–Crippen MR) is 67.5 cm³/mol. The van der Waals surface area contributed by atoms with Gasteiger partial charge < -0.3 is 5.32 Å². The third-order valence-electron chi connectivity index (χ3n) is 3.65. The van der Waals surface area contributed by atoms with Gasteiger partial charge in [-0.2, -0.15) is 0 Å². The summed E-state index contributed by atoms with van der Waals surface area (Å²) in [7, 11) is 2.02. The maximum Gasteiger partial charge on any atom is 0.344 e. The second-order valence-electron chi connectivity index (χ2n) is 4.95.